The highest BCUT2D eigenvalue weighted by atomic mass is 16.2. The summed E-state index contributed by atoms with van der Waals surface area (Å²) in [5.74, 6) is -0.289. The van der Waals surface area contributed by atoms with Gasteiger partial charge < -0.3 is 16.0 Å². The minimum Gasteiger partial charge on any atom is -0.351 e. The number of amides is 3. The van der Waals surface area contributed by atoms with Gasteiger partial charge in [-0.3, -0.25) is 9.78 Å². The SMILES string of the molecule is Cc1ccc([C@@H](NC(=O)CN(C)C(N)=O)c2cccnc2)cc1C. The van der Waals surface area contributed by atoms with E-state index in [1.165, 1.54) is 12.6 Å². The summed E-state index contributed by atoms with van der Waals surface area (Å²) in [5.41, 5.74) is 9.33. The van der Waals surface area contributed by atoms with Crippen LogP contribution in [-0.4, -0.2) is 35.4 Å². The van der Waals surface area contributed by atoms with Gasteiger partial charge >= 0.3 is 6.03 Å². The van der Waals surface area contributed by atoms with E-state index in [-0.39, 0.29) is 18.5 Å². The van der Waals surface area contributed by atoms with Crippen molar-refractivity contribution in [1.29, 1.82) is 0 Å². The molecule has 1 aromatic carbocycles. The number of carbonyl (C=O) groups is 2. The van der Waals surface area contributed by atoms with Gasteiger partial charge in [-0.1, -0.05) is 24.3 Å². The average molecular weight is 326 g/mol. The molecule has 1 aromatic heterocycles. The zero-order chi connectivity index (χ0) is 17.7. The van der Waals surface area contributed by atoms with Gasteiger partial charge in [-0.05, 0) is 42.2 Å². The van der Waals surface area contributed by atoms with Crippen molar-refractivity contribution in [2.45, 2.75) is 19.9 Å². The van der Waals surface area contributed by atoms with Gasteiger partial charge in [-0.2, -0.15) is 0 Å². The third-order valence-electron chi connectivity index (χ3n) is 3.94. The highest BCUT2D eigenvalue weighted by molar-refractivity contribution is 5.83. The fourth-order valence-corrected chi connectivity index (χ4v) is 2.35. The van der Waals surface area contributed by atoms with E-state index in [9.17, 15) is 9.59 Å². The topological polar surface area (TPSA) is 88.3 Å². The van der Waals surface area contributed by atoms with Gasteiger partial charge in [0.25, 0.3) is 0 Å². The molecule has 3 N–H and O–H groups in total. The first kappa shape index (κ1) is 17.5. The zero-order valence-electron chi connectivity index (χ0n) is 14.1. The van der Waals surface area contributed by atoms with Crippen molar-refractivity contribution in [3.8, 4) is 0 Å². The summed E-state index contributed by atoms with van der Waals surface area (Å²) in [6.07, 6.45) is 3.40. The van der Waals surface area contributed by atoms with Gasteiger partial charge in [-0.25, -0.2) is 4.79 Å². The van der Waals surface area contributed by atoms with Gasteiger partial charge in [0.05, 0.1) is 6.04 Å². The number of urea groups is 1. The molecule has 24 heavy (non-hydrogen) atoms. The summed E-state index contributed by atoms with van der Waals surface area (Å²) in [6, 6.07) is 8.80. The van der Waals surface area contributed by atoms with Crippen LogP contribution in [-0.2, 0) is 4.79 Å². The number of nitrogens with one attached hydrogen (secondary N) is 1. The van der Waals surface area contributed by atoms with Crippen molar-refractivity contribution >= 4 is 11.9 Å². The number of benzene rings is 1. The number of likely N-dealkylation sites (N-methyl/N-ethyl adjacent to an activating group) is 1. The summed E-state index contributed by atoms with van der Waals surface area (Å²) in [5, 5.41) is 2.95. The molecule has 0 bridgehead atoms. The molecule has 0 aliphatic rings. The Morgan fingerprint density at radius 2 is 1.96 bits per heavy atom. The molecule has 0 aliphatic heterocycles. The average Bonchev–Trinajstić information content (AvgIpc) is 2.56. The van der Waals surface area contributed by atoms with E-state index < -0.39 is 6.03 Å². The number of carbonyl (C=O) groups excluding carboxylic acids is 2. The maximum absolute atomic E-state index is 12.3. The van der Waals surface area contributed by atoms with E-state index in [1.807, 2.05) is 44.2 Å². The van der Waals surface area contributed by atoms with Crippen molar-refractivity contribution in [1.82, 2.24) is 15.2 Å². The number of nitrogens with zero attached hydrogens (tertiary/aromatic N) is 2. The molecule has 0 unspecified atom stereocenters. The Labute approximate surface area is 141 Å². The molecule has 3 amide bonds. The number of hydrogen-bond donors (Lipinski definition) is 2. The molecule has 1 atom stereocenters. The Morgan fingerprint density at radius 1 is 1.21 bits per heavy atom. The lowest BCUT2D eigenvalue weighted by Crippen LogP contribution is -2.42. The molecule has 6 nitrogen and oxygen atoms in total. The minimum atomic E-state index is -0.644. The van der Waals surface area contributed by atoms with E-state index in [0.29, 0.717) is 0 Å². The molecule has 6 heteroatoms. The maximum Gasteiger partial charge on any atom is 0.314 e. The first-order valence-corrected chi connectivity index (χ1v) is 7.65. The zero-order valence-corrected chi connectivity index (χ0v) is 14.1. The number of nitrogens with two attached hydrogens (primary N) is 1. The van der Waals surface area contributed by atoms with Crippen LogP contribution in [0.15, 0.2) is 42.7 Å². The van der Waals surface area contributed by atoms with Crippen molar-refractivity contribution < 1.29 is 9.59 Å². The van der Waals surface area contributed by atoms with E-state index >= 15 is 0 Å². The lowest BCUT2D eigenvalue weighted by molar-refractivity contribution is -0.121. The molecule has 0 saturated carbocycles. The first-order chi connectivity index (χ1) is 11.4. The summed E-state index contributed by atoms with van der Waals surface area (Å²) in [6.45, 7) is 3.97. The standard InChI is InChI=1S/C18H22N4O2/c1-12-6-7-14(9-13(12)2)17(15-5-4-8-20-10-15)21-16(23)11-22(3)18(19)24/h4-10,17H,11H2,1-3H3,(H2,19,24)(H,21,23)/t17-/m1/s1. The molecular formula is C18H22N4O2. The van der Waals surface area contributed by atoms with Crippen LogP contribution in [0, 0.1) is 13.8 Å². The Morgan fingerprint density at radius 3 is 2.54 bits per heavy atom. The predicted molar refractivity (Wildman–Crippen MR) is 92.4 cm³/mol. The molecule has 1 heterocycles. The number of aromatic nitrogens is 1. The number of pyridine rings is 1. The number of primary amides is 1. The molecule has 2 rings (SSSR count). The van der Waals surface area contributed by atoms with Crippen LogP contribution in [0.1, 0.15) is 28.3 Å². The molecule has 0 aliphatic carbocycles. The number of hydrogen-bond acceptors (Lipinski definition) is 3. The second-order valence-corrected chi connectivity index (χ2v) is 5.82. The van der Waals surface area contributed by atoms with Crippen LogP contribution in [0.3, 0.4) is 0 Å². The predicted octanol–water partition coefficient (Wildman–Crippen LogP) is 1.91. The smallest absolute Gasteiger partial charge is 0.314 e. The normalized spacial score (nSPS) is 11.6. The van der Waals surface area contributed by atoms with Crippen LogP contribution >= 0.6 is 0 Å². The Kier molecular flexibility index (Phi) is 5.52. The van der Waals surface area contributed by atoms with E-state index in [0.717, 1.165) is 21.6 Å². The van der Waals surface area contributed by atoms with Crippen molar-refractivity contribution in [2.75, 3.05) is 13.6 Å². The van der Waals surface area contributed by atoms with Gasteiger partial charge in [0.2, 0.25) is 5.91 Å². The van der Waals surface area contributed by atoms with Gasteiger partial charge in [0, 0.05) is 19.4 Å². The monoisotopic (exact) mass is 326 g/mol. The molecule has 2 aromatic rings. The molecule has 0 fully saturated rings. The van der Waals surface area contributed by atoms with Crippen LogP contribution in [0.2, 0.25) is 0 Å². The third kappa shape index (κ3) is 4.32. The second kappa shape index (κ2) is 7.59. The first-order valence-electron chi connectivity index (χ1n) is 7.65. The van der Waals surface area contributed by atoms with Crippen LogP contribution in [0.25, 0.3) is 0 Å². The van der Waals surface area contributed by atoms with Crippen molar-refractivity contribution in [3.05, 3.63) is 65.0 Å². The minimum absolute atomic E-state index is 0.100. The lowest BCUT2D eigenvalue weighted by Gasteiger charge is -2.22. The fraction of sp³-hybridized carbons (Fsp3) is 0.278. The molecular weight excluding hydrogens is 304 g/mol. The van der Waals surface area contributed by atoms with E-state index in [2.05, 4.69) is 10.3 Å². The van der Waals surface area contributed by atoms with Crippen molar-refractivity contribution in [2.24, 2.45) is 5.73 Å². The molecule has 0 radical (unpaired) electrons. The molecule has 0 spiro atoms. The summed E-state index contributed by atoms with van der Waals surface area (Å²) in [7, 11) is 1.48. The van der Waals surface area contributed by atoms with Gasteiger partial charge in [-0.15, -0.1) is 0 Å². The second-order valence-electron chi connectivity index (χ2n) is 5.82. The summed E-state index contributed by atoms with van der Waals surface area (Å²) < 4.78 is 0. The van der Waals surface area contributed by atoms with Crippen LogP contribution in [0.4, 0.5) is 4.79 Å². The Balaban J connectivity index is 2.28. The van der Waals surface area contributed by atoms with E-state index in [4.69, 9.17) is 5.73 Å². The summed E-state index contributed by atoms with van der Waals surface area (Å²) in [4.78, 5) is 28.7. The quantitative estimate of drug-likeness (QED) is 0.880. The largest absolute Gasteiger partial charge is 0.351 e. The maximum atomic E-state index is 12.3. The van der Waals surface area contributed by atoms with Gasteiger partial charge in [0.15, 0.2) is 0 Å². The third-order valence-corrected chi connectivity index (χ3v) is 3.94. The highest BCUT2D eigenvalue weighted by Gasteiger charge is 2.19. The van der Waals surface area contributed by atoms with Crippen molar-refractivity contribution in [3.63, 3.8) is 0 Å². The van der Waals surface area contributed by atoms with Gasteiger partial charge in [0.1, 0.15) is 6.54 Å². The summed E-state index contributed by atoms with van der Waals surface area (Å²) >= 11 is 0. The lowest BCUT2D eigenvalue weighted by atomic mass is 9.96. The molecule has 0 saturated heterocycles. The Bertz CT molecular complexity index is 731. The van der Waals surface area contributed by atoms with E-state index in [1.54, 1.807) is 12.4 Å². The highest BCUT2D eigenvalue weighted by Crippen LogP contribution is 2.23. The van der Waals surface area contributed by atoms with Crippen LogP contribution < -0.4 is 11.1 Å². The Hall–Kier alpha value is -2.89. The van der Waals surface area contributed by atoms with Crippen LogP contribution in [0.5, 0.6) is 0 Å². The molecule has 126 valence electrons. The fourth-order valence-electron chi connectivity index (χ4n) is 2.35. The number of rotatable bonds is 5. The number of aryl methyl sites for hydroxylation is 2.